The molecule has 0 spiro atoms. The van der Waals surface area contributed by atoms with Gasteiger partial charge in [0.05, 0.1) is 0 Å². The van der Waals surface area contributed by atoms with E-state index in [1.54, 1.807) is 0 Å². The van der Waals surface area contributed by atoms with Crippen molar-refractivity contribution < 1.29 is 19.1 Å². The molecule has 2 nitrogen and oxygen atoms in total. The van der Waals surface area contributed by atoms with Gasteiger partial charge in [-0.1, -0.05) is 122 Å². The third kappa shape index (κ3) is 17.1. The summed E-state index contributed by atoms with van der Waals surface area (Å²) in [6.45, 7) is 11.3. The molecule has 0 bridgehead atoms. The average Bonchev–Trinajstić information content (AvgIpc) is 3.44. The van der Waals surface area contributed by atoms with Crippen LogP contribution in [0, 0.1) is 0 Å². The van der Waals surface area contributed by atoms with Crippen molar-refractivity contribution in [3.8, 4) is 0 Å². The normalized spacial score (nSPS) is 12.9. The Hall–Kier alpha value is -1.99. The second-order valence-electron chi connectivity index (χ2n) is 13.8. The number of nitrogens with zero attached hydrogens (tertiary/aromatic N) is 2. The molecule has 0 saturated heterocycles. The van der Waals surface area contributed by atoms with Crippen molar-refractivity contribution in [2.45, 2.75) is 187 Å². The monoisotopic (exact) mass is 699 g/mol. The molecule has 1 aliphatic heterocycles. The fourth-order valence-electron chi connectivity index (χ4n) is 6.26. The molecule has 3 heteroatoms. The standard InChI is InChI=1S/C37H54N2.2C4H9.Ni/c1-4-7-10-12-14-17-21-31-23-19-26-33(28-31)36-30-35(25-16-9-6-3)37(39(36)38)34-27-20-24-32(29-34)22-18-15-13-11-8-5-2;2*1-3-4-2;/h19-20,23-24,26-30H,4-18,21-22,25H2,1-3H3;2*1,3-4H2,2H3;. The molecular weight excluding hydrogens is 627 g/mol. The van der Waals surface area contributed by atoms with Crippen molar-refractivity contribution in [3.05, 3.63) is 88.0 Å². The first kappa shape index (κ1) is 42.2. The molecule has 0 radical (unpaired) electrons. The molecule has 0 saturated carbocycles. The van der Waals surface area contributed by atoms with Crippen molar-refractivity contribution in [2.75, 3.05) is 0 Å². The van der Waals surface area contributed by atoms with Crippen molar-refractivity contribution in [1.82, 2.24) is 0 Å². The van der Waals surface area contributed by atoms with E-state index in [1.807, 2.05) is 14.4 Å². The van der Waals surface area contributed by atoms with E-state index in [-0.39, 0.29) is 0 Å². The molecule has 1 heterocycles. The zero-order valence-electron chi connectivity index (χ0n) is 31.9. The predicted molar refractivity (Wildman–Crippen MR) is 209 cm³/mol. The molecule has 2 aromatic rings. The molecule has 1 aliphatic rings. The first-order valence-corrected chi connectivity index (χ1v) is 21.6. The fraction of sp³-hybridized carbons (Fsp3) is 0.644. The molecular formula is C45H72N2Ni. The third-order valence-corrected chi connectivity index (χ3v) is 10.7. The first-order chi connectivity index (χ1) is 23.6. The molecule has 272 valence electrons. The first-order valence-electron chi connectivity index (χ1n) is 20.2. The Bertz CT molecular complexity index is 1190. The summed E-state index contributed by atoms with van der Waals surface area (Å²) in [7, 11) is 0. The Balaban J connectivity index is 0.000000778. The molecule has 0 atom stereocenters. The zero-order chi connectivity index (χ0) is 34.7. The van der Waals surface area contributed by atoms with Crippen LogP contribution in [0.25, 0.3) is 16.9 Å². The van der Waals surface area contributed by atoms with Crippen LogP contribution in [0.15, 0.2) is 60.2 Å². The van der Waals surface area contributed by atoms with E-state index in [1.165, 1.54) is 148 Å². The van der Waals surface area contributed by atoms with E-state index in [9.17, 15) is 5.53 Å². The summed E-state index contributed by atoms with van der Waals surface area (Å²) in [4.78, 5) is 0. The zero-order valence-corrected chi connectivity index (χ0v) is 32.9. The number of benzene rings is 2. The number of rotatable bonds is 26. The molecule has 0 amide bonds. The van der Waals surface area contributed by atoms with Crippen LogP contribution in [0.4, 0.5) is 0 Å². The molecule has 0 unspecified atom stereocenters. The van der Waals surface area contributed by atoms with Gasteiger partial charge in [0.15, 0.2) is 0 Å². The van der Waals surface area contributed by atoms with E-state index < -0.39 is 0 Å². The van der Waals surface area contributed by atoms with Crippen molar-refractivity contribution in [3.63, 3.8) is 0 Å². The predicted octanol–water partition coefficient (Wildman–Crippen LogP) is 15.4. The van der Waals surface area contributed by atoms with Gasteiger partial charge < -0.3 is 5.53 Å². The molecule has 0 aliphatic carbocycles. The van der Waals surface area contributed by atoms with E-state index in [0.29, 0.717) is 0 Å². The van der Waals surface area contributed by atoms with Gasteiger partial charge in [-0.25, -0.2) is 4.70 Å². The molecule has 48 heavy (non-hydrogen) atoms. The Labute approximate surface area is 304 Å². The van der Waals surface area contributed by atoms with Gasteiger partial charge in [-0.15, -0.1) is 0 Å². The van der Waals surface area contributed by atoms with Crippen LogP contribution in [0.5, 0.6) is 0 Å². The van der Waals surface area contributed by atoms with Gasteiger partial charge in [-0.05, 0) is 73.9 Å². The van der Waals surface area contributed by atoms with Crippen LogP contribution < -0.4 is 0 Å². The van der Waals surface area contributed by atoms with Gasteiger partial charge in [0, 0.05) is 22.8 Å². The summed E-state index contributed by atoms with van der Waals surface area (Å²) in [5.41, 5.74) is 19.7. The third-order valence-electron chi connectivity index (χ3n) is 9.32. The van der Waals surface area contributed by atoms with Crippen LogP contribution in [0.1, 0.15) is 185 Å². The minimum atomic E-state index is 0.919. The van der Waals surface area contributed by atoms with E-state index in [2.05, 4.69) is 89.2 Å². The number of allylic oxidation sites excluding steroid dienone is 2. The number of hydrogen-bond donors (Lipinski definition) is 0. The minimum absolute atomic E-state index is 0.919. The van der Waals surface area contributed by atoms with Crippen molar-refractivity contribution >= 4 is 11.4 Å². The van der Waals surface area contributed by atoms with Gasteiger partial charge >= 0.3 is 64.8 Å². The van der Waals surface area contributed by atoms with Gasteiger partial charge in [-0.2, -0.15) is 0 Å². The molecule has 0 N–H and O–H groups in total. The number of unbranched alkanes of at least 4 members (excludes halogenated alkanes) is 14. The maximum absolute atomic E-state index is 11.6. The second kappa shape index (κ2) is 27.8. The summed E-state index contributed by atoms with van der Waals surface area (Å²) < 4.78 is 1.48. The molecule has 3 rings (SSSR count). The summed E-state index contributed by atoms with van der Waals surface area (Å²) in [6.07, 6.45) is 30.4. The van der Waals surface area contributed by atoms with Gasteiger partial charge in [0.25, 0.3) is 0 Å². The van der Waals surface area contributed by atoms with Gasteiger partial charge in [-0.3, -0.25) is 0 Å². The SMILES string of the molecule is CCCCCCCCc1cccc(C2=CC(CCCCC)=C(c3cccc(CCCCCCCC)c3)[N+]2=[N-])c1.CCC[CH2][Ni][CH2]CCC. The van der Waals surface area contributed by atoms with Crippen LogP contribution >= 0.6 is 0 Å². The Morgan fingerprint density at radius 2 is 0.938 bits per heavy atom. The van der Waals surface area contributed by atoms with Gasteiger partial charge in [0.2, 0.25) is 11.4 Å². The number of hydrogen-bond acceptors (Lipinski definition) is 0. The fourth-order valence-corrected chi connectivity index (χ4v) is 7.70. The van der Waals surface area contributed by atoms with Crippen LogP contribution in [0.3, 0.4) is 0 Å². The summed E-state index contributed by atoms with van der Waals surface area (Å²) in [5.74, 6) is 0. The molecule has 0 fully saturated rings. The van der Waals surface area contributed by atoms with E-state index >= 15 is 0 Å². The summed E-state index contributed by atoms with van der Waals surface area (Å²) in [6, 6.07) is 17.8. The van der Waals surface area contributed by atoms with Crippen LogP contribution in [-0.4, -0.2) is 4.70 Å². The Morgan fingerprint density at radius 1 is 0.500 bits per heavy atom. The number of aryl methyl sites for hydroxylation is 2. The molecule has 0 aromatic heterocycles. The quantitative estimate of drug-likeness (QED) is 0.0531. The van der Waals surface area contributed by atoms with E-state index in [0.717, 1.165) is 48.2 Å². The van der Waals surface area contributed by atoms with Crippen LogP contribution in [-0.2, 0) is 27.3 Å². The molecule has 2 aromatic carbocycles. The van der Waals surface area contributed by atoms with Crippen molar-refractivity contribution in [1.29, 1.82) is 0 Å². The van der Waals surface area contributed by atoms with E-state index in [4.69, 9.17) is 0 Å². The topological polar surface area (TPSA) is 25.3 Å². The Kier molecular flexibility index (Phi) is 24.4. The summed E-state index contributed by atoms with van der Waals surface area (Å²) in [5, 5.41) is 2.78. The second-order valence-corrected chi connectivity index (χ2v) is 15.3. The summed E-state index contributed by atoms with van der Waals surface area (Å²) >= 11 is 1.94. The maximum atomic E-state index is 11.6. The van der Waals surface area contributed by atoms with Gasteiger partial charge in [0.1, 0.15) is 0 Å². The average molecular weight is 700 g/mol. The van der Waals surface area contributed by atoms with Crippen LogP contribution in [0.2, 0.25) is 10.8 Å². The Morgan fingerprint density at radius 3 is 1.48 bits per heavy atom. The van der Waals surface area contributed by atoms with Crippen molar-refractivity contribution in [2.24, 2.45) is 0 Å².